The molecule has 2 saturated heterocycles. The Kier molecular flexibility index (Phi) is 7.26. The average Bonchev–Trinajstić information content (AvgIpc) is 3.11. The van der Waals surface area contributed by atoms with E-state index in [2.05, 4.69) is 16.7 Å². The lowest BCUT2D eigenvalue weighted by Gasteiger charge is -2.20. The van der Waals surface area contributed by atoms with E-state index in [1.54, 1.807) is 0 Å². The molecule has 132 valence electrons. The molecule has 0 N–H and O–H groups in total. The molecule has 2 aliphatic rings. The largest absolute Gasteiger partial charge is 0.428 e. The molecule has 0 bridgehead atoms. The highest BCUT2D eigenvalue weighted by Gasteiger charge is 2.22. The Morgan fingerprint density at radius 1 is 1.04 bits per heavy atom. The van der Waals surface area contributed by atoms with Gasteiger partial charge in [0, 0.05) is 25.7 Å². The Morgan fingerprint density at radius 2 is 1.70 bits per heavy atom. The summed E-state index contributed by atoms with van der Waals surface area (Å²) in [5.74, 6) is -0.677. The molecular formula is C16H28N2O5. The number of carbonyl (C=O) groups excluding carboxylic acids is 2. The molecule has 2 fully saturated rings. The van der Waals surface area contributed by atoms with E-state index >= 15 is 0 Å². The maximum atomic E-state index is 11.6. The molecule has 2 rings (SSSR count). The molecule has 7 nitrogen and oxygen atoms in total. The number of nitrogens with zero attached hydrogens (tertiary/aromatic N) is 2. The van der Waals surface area contributed by atoms with Crippen LogP contribution in [0.2, 0.25) is 0 Å². The van der Waals surface area contributed by atoms with Gasteiger partial charge in [-0.3, -0.25) is 14.5 Å². The van der Waals surface area contributed by atoms with Gasteiger partial charge >= 0.3 is 11.9 Å². The van der Waals surface area contributed by atoms with Crippen molar-refractivity contribution in [3.8, 4) is 0 Å². The van der Waals surface area contributed by atoms with Crippen LogP contribution in [0.4, 0.5) is 0 Å². The molecule has 2 aliphatic heterocycles. The summed E-state index contributed by atoms with van der Waals surface area (Å²) in [6.45, 7) is 7.72. The molecule has 0 amide bonds. The van der Waals surface area contributed by atoms with Crippen LogP contribution in [-0.4, -0.2) is 73.6 Å². The Morgan fingerprint density at radius 3 is 2.22 bits per heavy atom. The third-order valence-corrected chi connectivity index (χ3v) is 4.59. The van der Waals surface area contributed by atoms with Crippen molar-refractivity contribution in [3.05, 3.63) is 0 Å². The van der Waals surface area contributed by atoms with E-state index in [-0.39, 0.29) is 31.4 Å². The maximum Gasteiger partial charge on any atom is 0.309 e. The highest BCUT2D eigenvalue weighted by atomic mass is 16.7. The minimum Gasteiger partial charge on any atom is -0.428 e. The van der Waals surface area contributed by atoms with Crippen LogP contribution >= 0.6 is 0 Å². The van der Waals surface area contributed by atoms with E-state index in [1.807, 2.05) is 6.92 Å². The topological polar surface area (TPSA) is 68.3 Å². The third kappa shape index (κ3) is 6.08. The number of carbonyl (C=O) groups is 2. The fourth-order valence-corrected chi connectivity index (χ4v) is 3.02. The number of hydrogen-bond donors (Lipinski definition) is 0. The fraction of sp³-hybridized carbons (Fsp3) is 0.875. The summed E-state index contributed by atoms with van der Waals surface area (Å²) in [6.07, 6.45) is 3.04. The van der Waals surface area contributed by atoms with Crippen molar-refractivity contribution in [2.24, 2.45) is 0 Å². The SMILES string of the molecule is CC1CCCN1CCC(=O)OCOC(=O)CCN1CCOC1C. The molecule has 0 saturated carbocycles. The van der Waals surface area contributed by atoms with Gasteiger partial charge in [0.15, 0.2) is 0 Å². The number of ether oxygens (including phenoxy) is 3. The first kappa shape index (κ1) is 18.2. The van der Waals surface area contributed by atoms with Crippen molar-refractivity contribution in [3.63, 3.8) is 0 Å². The monoisotopic (exact) mass is 328 g/mol. The summed E-state index contributed by atoms with van der Waals surface area (Å²) in [7, 11) is 0. The van der Waals surface area contributed by atoms with Gasteiger partial charge in [0.1, 0.15) is 6.23 Å². The molecule has 7 heteroatoms. The van der Waals surface area contributed by atoms with Crippen molar-refractivity contribution in [1.82, 2.24) is 9.80 Å². The lowest BCUT2D eigenvalue weighted by molar-refractivity contribution is -0.167. The Bertz CT molecular complexity index is 368. The fourth-order valence-electron chi connectivity index (χ4n) is 3.02. The molecule has 23 heavy (non-hydrogen) atoms. The molecule has 0 aliphatic carbocycles. The molecule has 0 aromatic rings. The van der Waals surface area contributed by atoms with Gasteiger partial charge in [0.25, 0.3) is 0 Å². The van der Waals surface area contributed by atoms with E-state index in [9.17, 15) is 9.59 Å². The van der Waals surface area contributed by atoms with E-state index in [0.717, 1.165) is 13.1 Å². The number of hydrogen-bond acceptors (Lipinski definition) is 7. The first-order chi connectivity index (χ1) is 11.1. The van der Waals surface area contributed by atoms with Crippen LogP contribution in [0, 0.1) is 0 Å². The first-order valence-corrected chi connectivity index (χ1v) is 8.47. The van der Waals surface area contributed by atoms with Crippen LogP contribution in [0.1, 0.15) is 39.5 Å². The molecule has 0 radical (unpaired) electrons. The smallest absolute Gasteiger partial charge is 0.309 e. The van der Waals surface area contributed by atoms with Gasteiger partial charge in [0.05, 0.1) is 19.4 Å². The lowest BCUT2D eigenvalue weighted by atomic mass is 10.2. The average molecular weight is 328 g/mol. The standard InChI is InChI=1S/C16H28N2O5/c1-13-4-3-7-17(13)8-5-15(19)22-12-23-16(20)6-9-18-10-11-21-14(18)2/h13-14H,3-12H2,1-2H3. The maximum absolute atomic E-state index is 11.6. The van der Waals surface area contributed by atoms with E-state index < -0.39 is 0 Å². The number of esters is 2. The predicted octanol–water partition coefficient (Wildman–Crippen LogP) is 0.973. The van der Waals surface area contributed by atoms with Gasteiger partial charge in [-0.15, -0.1) is 0 Å². The van der Waals surface area contributed by atoms with Crippen LogP contribution in [-0.2, 0) is 23.8 Å². The first-order valence-electron chi connectivity index (χ1n) is 8.47. The zero-order valence-electron chi connectivity index (χ0n) is 14.2. The van der Waals surface area contributed by atoms with Crippen molar-refractivity contribution in [2.75, 3.05) is 39.6 Å². The van der Waals surface area contributed by atoms with E-state index in [0.29, 0.717) is 32.2 Å². The zero-order chi connectivity index (χ0) is 16.7. The summed E-state index contributed by atoms with van der Waals surface area (Å²) in [4.78, 5) is 27.6. The highest BCUT2D eigenvalue weighted by molar-refractivity contribution is 5.71. The predicted molar refractivity (Wildman–Crippen MR) is 83.5 cm³/mol. The molecule has 0 spiro atoms. The highest BCUT2D eigenvalue weighted by Crippen LogP contribution is 2.16. The van der Waals surface area contributed by atoms with E-state index in [4.69, 9.17) is 14.2 Å². The quantitative estimate of drug-likeness (QED) is 0.486. The summed E-state index contributed by atoms with van der Waals surface area (Å²) in [6, 6.07) is 0.539. The third-order valence-electron chi connectivity index (χ3n) is 4.59. The molecule has 0 aromatic heterocycles. The van der Waals surface area contributed by atoms with Crippen LogP contribution in [0.3, 0.4) is 0 Å². The van der Waals surface area contributed by atoms with Gasteiger partial charge in [-0.2, -0.15) is 0 Å². The van der Waals surface area contributed by atoms with Crippen molar-refractivity contribution in [1.29, 1.82) is 0 Å². The second kappa shape index (κ2) is 9.20. The minimum absolute atomic E-state index is 0.0496. The molecule has 2 atom stereocenters. The minimum atomic E-state index is -0.356. The number of likely N-dealkylation sites (tertiary alicyclic amines) is 1. The summed E-state index contributed by atoms with van der Waals surface area (Å²) >= 11 is 0. The second-order valence-corrected chi connectivity index (χ2v) is 6.18. The molecular weight excluding hydrogens is 300 g/mol. The van der Waals surface area contributed by atoms with Crippen LogP contribution in [0.15, 0.2) is 0 Å². The Balaban J connectivity index is 1.50. The summed E-state index contributed by atoms with van der Waals surface area (Å²) in [5.41, 5.74) is 0. The molecule has 0 aromatic carbocycles. The van der Waals surface area contributed by atoms with Gasteiger partial charge in [-0.25, -0.2) is 0 Å². The van der Waals surface area contributed by atoms with Crippen LogP contribution < -0.4 is 0 Å². The van der Waals surface area contributed by atoms with Crippen molar-refractivity contribution >= 4 is 11.9 Å². The van der Waals surface area contributed by atoms with Crippen LogP contribution in [0.5, 0.6) is 0 Å². The van der Waals surface area contributed by atoms with Gasteiger partial charge < -0.3 is 19.1 Å². The van der Waals surface area contributed by atoms with E-state index in [1.165, 1.54) is 12.8 Å². The molecule has 2 heterocycles. The van der Waals surface area contributed by atoms with Crippen LogP contribution in [0.25, 0.3) is 0 Å². The van der Waals surface area contributed by atoms with Gasteiger partial charge in [-0.05, 0) is 33.2 Å². The van der Waals surface area contributed by atoms with Crippen molar-refractivity contribution < 1.29 is 23.8 Å². The second-order valence-electron chi connectivity index (χ2n) is 6.18. The number of rotatable bonds is 8. The molecule has 2 unspecified atom stereocenters. The van der Waals surface area contributed by atoms with Gasteiger partial charge in [0.2, 0.25) is 6.79 Å². The summed E-state index contributed by atoms with van der Waals surface area (Å²) in [5, 5.41) is 0. The lowest BCUT2D eigenvalue weighted by Crippen LogP contribution is -2.30. The summed E-state index contributed by atoms with van der Waals surface area (Å²) < 4.78 is 15.3. The Labute approximate surface area is 137 Å². The Hall–Kier alpha value is -1.18. The van der Waals surface area contributed by atoms with Gasteiger partial charge in [-0.1, -0.05) is 0 Å². The normalized spacial score (nSPS) is 25.7. The zero-order valence-corrected chi connectivity index (χ0v) is 14.2. The van der Waals surface area contributed by atoms with Crippen molar-refractivity contribution in [2.45, 2.75) is 51.8 Å².